The minimum Gasteiger partial charge on any atom is -0.390 e. The maximum atomic E-state index is 13.8. The number of hydrogen-bond donors (Lipinski definition) is 3. The van der Waals surface area contributed by atoms with Crippen molar-refractivity contribution < 1.29 is 18.7 Å². The molecule has 2 aromatic rings. The Hall–Kier alpha value is -3.01. The topological polar surface area (TPSA) is 61.4 Å². The Labute approximate surface area is 219 Å². The lowest BCUT2D eigenvalue weighted by molar-refractivity contribution is -0.120. The first-order valence-electron chi connectivity index (χ1n) is 12.8. The van der Waals surface area contributed by atoms with E-state index in [4.69, 9.17) is 6.42 Å². The molecule has 1 fully saturated rings. The number of benzene rings is 2. The van der Waals surface area contributed by atoms with E-state index in [1.807, 2.05) is 6.08 Å². The van der Waals surface area contributed by atoms with Gasteiger partial charge in [0, 0.05) is 25.1 Å². The Balaban J connectivity index is 1.86. The fraction of sp³-hybridized carbons (Fsp3) is 0.452. The third-order valence-electron chi connectivity index (χ3n) is 7.20. The van der Waals surface area contributed by atoms with E-state index in [0.29, 0.717) is 5.56 Å². The molecule has 3 N–H and O–H groups in total. The minimum atomic E-state index is -0.986. The maximum absolute atomic E-state index is 13.8. The van der Waals surface area contributed by atoms with Gasteiger partial charge in [-0.2, -0.15) is 0 Å². The molecule has 6 heteroatoms. The predicted octanol–water partition coefficient (Wildman–Crippen LogP) is 5.29. The van der Waals surface area contributed by atoms with Crippen molar-refractivity contribution in [3.8, 4) is 12.3 Å². The standard InChI is InChI=1S/C31H38F2N2O2/c1-6-8-22-11-13-31(14-12-22,25-10-7-9-24(18-25)30(3,4)5)34-20-29(37)28(35-21(2)36)17-23-15-26(32)19-27(33)16-23/h1,7-10,15-16,18-19,28-29,34,37H,11-14,17,20H2,2-5H3,(H,35,36). The summed E-state index contributed by atoms with van der Waals surface area (Å²) in [6, 6.07) is 11.1. The zero-order valence-electron chi connectivity index (χ0n) is 22.2. The molecule has 3 rings (SSSR count). The van der Waals surface area contributed by atoms with E-state index in [-0.39, 0.29) is 29.8 Å². The fourth-order valence-corrected chi connectivity index (χ4v) is 5.08. The number of nitrogens with one attached hydrogen (secondary N) is 2. The maximum Gasteiger partial charge on any atom is 0.217 e. The highest BCUT2D eigenvalue weighted by molar-refractivity contribution is 5.73. The fourth-order valence-electron chi connectivity index (χ4n) is 5.08. The van der Waals surface area contributed by atoms with Gasteiger partial charge in [0.25, 0.3) is 0 Å². The normalized spacial score (nSPS) is 19.6. The quantitative estimate of drug-likeness (QED) is 0.425. The molecule has 2 atom stereocenters. The van der Waals surface area contributed by atoms with Crippen LogP contribution in [-0.4, -0.2) is 29.7 Å². The molecule has 1 aliphatic rings. The number of carbonyl (C=O) groups is 1. The summed E-state index contributed by atoms with van der Waals surface area (Å²) in [5, 5.41) is 17.5. The number of aliphatic hydroxyl groups excluding tert-OH is 1. The number of allylic oxidation sites excluding steroid dienone is 2. The molecule has 0 bridgehead atoms. The van der Waals surface area contributed by atoms with E-state index < -0.39 is 23.8 Å². The van der Waals surface area contributed by atoms with Crippen molar-refractivity contribution in [2.24, 2.45) is 0 Å². The second-order valence-corrected chi connectivity index (χ2v) is 11.1. The summed E-state index contributed by atoms with van der Waals surface area (Å²) in [6.45, 7) is 8.09. The van der Waals surface area contributed by atoms with Crippen molar-refractivity contribution in [2.75, 3.05) is 6.54 Å². The Morgan fingerprint density at radius 1 is 1.16 bits per heavy atom. The lowest BCUT2D eigenvalue weighted by Crippen LogP contribution is -2.53. The second kappa shape index (κ2) is 12.0. The van der Waals surface area contributed by atoms with Crippen LogP contribution in [-0.2, 0) is 22.2 Å². The SMILES string of the molecule is C#CC=C1CCC(NCC(O)C(Cc2cc(F)cc(F)c2)NC(C)=O)(c2cccc(C(C)(C)C)c2)CC1. The first-order valence-corrected chi connectivity index (χ1v) is 12.8. The first-order chi connectivity index (χ1) is 17.4. The van der Waals surface area contributed by atoms with Crippen molar-refractivity contribution in [3.63, 3.8) is 0 Å². The first kappa shape index (κ1) is 28.6. The second-order valence-electron chi connectivity index (χ2n) is 11.1. The van der Waals surface area contributed by atoms with Gasteiger partial charge in [0.1, 0.15) is 11.6 Å². The number of carbonyl (C=O) groups excluding carboxylic acids is 1. The molecule has 1 amide bonds. The van der Waals surface area contributed by atoms with Crippen molar-refractivity contribution in [2.45, 2.75) is 82.9 Å². The predicted molar refractivity (Wildman–Crippen MR) is 144 cm³/mol. The van der Waals surface area contributed by atoms with Gasteiger partial charge < -0.3 is 15.7 Å². The number of halogens is 2. The molecule has 1 aliphatic carbocycles. The lowest BCUT2D eigenvalue weighted by atomic mass is 9.73. The molecule has 1 saturated carbocycles. The molecule has 4 nitrogen and oxygen atoms in total. The van der Waals surface area contributed by atoms with Gasteiger partial charge in [0.2, 0.25) is 5.91 Å². The summed E-state index contributed by atoms with van der Waals surface area (Å²) in [7, 11) is 0. The molecule has 2 aromatic carbocycles. The van der Waals surface area contributed by atoms with Crippen LogP contribution in [0, 0.1) is 24.0 Å². The summed E-state index contributed by atoms with van der Waals surface area (Å²) in [6.07, 6.45) is 9.74. The van der Waals surface area contributed by atoms with Gasteiger partial charge in [-0.25, -0.2) is 8.78 Å². The summed E-state index contributed by atoms with van der Waals surface area (Å²) >= 11 is 0. The van der Waals surface area contributed by atoms with E-state index in [2.05, 4.69) is 61.6 Å². The Morgan fingerprint density at radius 3 is 2.38 bits per heavy atom. The van der Waals surface area contributed by atoms with Gasteiger partial charge in [-0.1, -0.05) is 56.5 Å². The van der Waals surface area contributed by atoms with Crippen molar-refractivity contribution >= 4 is 5.91 Å². The van der Waals surface area contributed by atoms with Gasteiger partial charge >= 0.3 is 0 Å². The molecule has 37 heavy (non-hydrogen) atoms. The van der Waals surface area contributed by atoms with Crippen LogP contribution in [0.2, 0.25) is 0 Å². The molecule has 0 saturated heterocycles. The zero-order chi connectivity index (χ0) is 27.2. The van der Waals surface area contributed by atoms with E-state index in [9.17, 15) is 18.7 Å². The molecular weight excluding hydrogens is 470 g/mol. The summed E-state index contributed by atoms with van der Waals surface area (Å²) < 4.78 is 27.5. The van der Waals surface area contributed by atoms with E-state index in [0.717, 1.165) is 37.3 Å². The van der Waals surface area contributed by atoms with Gasteiger partial charge in [0.05, 0.1) is 12.1 Å². The highest BCUT2D eigenvalue weighted by Crippen LogP contribution is 2.40. The summed E-state index contributed by atoms with van der Waals surface area (Å²) in [5.41, 5.74) is 3.56. The number of amides is 1. The number of aliphatic hydroxyl groups is 1. The summed E-state index contributed by atoms with van der Waals surface area (Å²) in [5.74, 6) is 0.919. The molecule has 198 valence electrons. The molecule has 0 heterocycles. The highest BCUT2D eigenvalue weighted by Gasteiger charge is 2.36. The van der Waals surface area contributed by atoms with E-state index in [1.165, 1.54) is 30.2 Å². The lowest BCUT2D eigenvalue weighted by Gasteiger charge is -2.41. The molecule has 2 unspecified atom stereocenters. The smallest absolute Gasteiger partial charge is 0.217 e. The van der Waals surface area contributed by atoms with Crippen LogP contribution in [0.5, 0.6) is 0 Å². The molecule has 0 aromatic heterocycles. The van der Waals surface area contributed by atoms with E-state index in [1.54, 1.807) is 0 Å². The Morgan fingerprint density at radius 2 is 1.81 bits per heavy atom. The zero-order valence-corrected chi connectivity index (χ0v) is 22.2. The molecular formula is C31H38F2N2O2. The third-order valence-corrected chi connectivity index (χ3v) is 7.20. The van der Waals surface area contributed by atoms with Gasteiger partial charge in [-0.3, -0.25) is 4.79 Å². The van der Waals surface area contributed by atoms with Crippen LogP contribution in [0.4, 0.5) is 8.78 Å². The molecule has 0 spiro atoms. The number of hydrogen-bond acceptors (Lipinski definition) is 3. The molecule has 0 aliphatic heterocycles. The Bertz CT molecular complexity index is 1150. The van der Waals surface area contributed by atoms with E-state index >= 15 is 0 Å². The molecule has 0 radical (unpaired) electrons. The van der Waals surface area contributed by atoms with Crippen LogP contribution in [0.3, 0.4) is 0 Å². The number of rotatable bonds is 8. The largest absolute Gasteiger partial charge is 0.390 e. The van der Waals surface area contributed by atoms with Crippen LogP contribution in [0.1, 0.15) is 70.1 Å². The van der Waals surface area contributed by atoms with Gasteiger partial charge in [-0.05, 0) is 72.4 Å². The van der Waals surface area contributed by atoms with Crippen LogP contribution in [0.25, 0.3) is 0 Å². The van der Waals surface area contributed by atoms with Crippen LogP contribution >= 0.6 is 0 Å². The Kier molecular flexibility index (Phi) is 9.28. The third kappa shape index (κ3) is 7.74. The van der Waals surface area contributed by atoms with Crippen molar-refractivity contribution in [1.82, 2.24) is 10.6 Å². The average Bonchev–Trinajstić information content (AvgIpc) is 2.82. The van der Waals surface area contributed by atoms with Crippen LogP contribution < -0.4 is 10.6 Å². The van der Waals surface area contributed by atoms with Crippen LogP contribution in [0.15, 0.2) is 54.1 Å². The minimum absolute atomic E-state index is 0.0172. The monoisotopic (exact) mass is 508 g/mol. The van der Waals surface area contributed by atoms with Gasteiger partial charge in [-0.15, -0.1) is 6.42 Å². The van der Waals surface area contributed by atoms with Gasteiger partial charge in [0.15, 0.2) is 0 Å². The summed E-state index contributed by atoms with van der Waals surface area (Å²) in [4.78, 5) is 11.9. The number of terminal acetylenes is 1. The highest BCUT2D eigenvalue weighted by atomic mass is 19.1. The van der Waals surface area contributed by atoms with Crippen molar-refractivity contribution in [3.05, 3.63) is 82.4 Å². The average molecular weight is 509 g/mol. The van der Waals surface area contributed by atoms with Crippen molar-refractivity contribution in [1.29, 1.82) is 0 Å².